The summed E-state index contributed by atoms with van der Waals surface area (Å²) in [5, 5.41) is 3.80. The molecule has 0 atom stereocenters. The molecule has 0 aliphatic heterocycles. The highest BCUT2D eigenvalue weighted by Crippen LogP contribution is 2.27. The summed E-state index contributed by atoms with van der Waals surface area (Å²) in [5.74, 6) is 0.711. The minimum Gasteiger partial charge on any atom is -0.494 e. The molecular formula is C20H16FN5O2. The number of H-pyrrole nitrogens is 1. The van der Waals surface area contributed by atoms with E-state index in [0.717, 1.165) is 11.1 Å². The number of nitrogens with one attached hydrogen (secondary N) is 2. The Morgan fingerprint density at radius 1 is 1.07 bits per heavy atom. The SMILES string of the molecule is COc1cccc2c(C)nc(Nc3nc(-c4ccc(F)cc4)cc(=O)[nH]3)nc12. The van der Waals surface area contributed by atoms with Crippen LogP contribution in [0, 0.1) is 12.7 Å². The molecule has 0 aliphatic carbocycles. The van der Waals surface area contributed by atoms with Gasteiger partial charge in [0.1, 0.15) is 17.1 Å². The highest BCUT2D eigenvalue weighted by Gasteiger charge is 2.11. The molecule has 4 aromatic rings. The van der Waals surface area contributed by atoms with Gasteiger partial charge in [0.05, 0.1) is 18.5 Å². The van der Waals surface area contributed by atoms with Crippen molar-refractivity contribution in [3.8, 4) is 17.0 Å². The van der Waals surface area contributed by atoms with Crippen LogP contribution in [0.25, 0.3) is 22.2 Å². The second kappa shape index (κ2) is 7.07. The van der Waals surface area contributed by atoms with E-state index in [4.69, 9.17) is 4.74 Å². The van der Waals surface area contributed by atoms with E-state index >= 15 is 0 Å². The lowest BCUT2D eigenvalue weighted by atomic mass is 10.1. The Morgan fingerprint density at radius 2 is 1.86 bits per heavy atom. The fourth-order valence-electron chi connectivity index (χ4n) is 2.89. The van der Waals surface area contributed by atoms with Gasteiger partial charge in [0, 0.05) is 17.0 Å². The second-order valence-electron chi connectivity index (χ2n) is 6.10. The van der Waals surface area contributed by atoms with Crippen LogP contribution < -0.4 is 15.6 Å². The first kappa shape index (κ1) is 17.6. The van der Waals surface area contributed by atoms with Crippen LogP contribution in [0.1, 0.15) is 5.69 Å². The number of nitrogens with zero attached hydrogens (tertiary/aromatic N) is 3. The summed E-state index contributed by atoms with van der Waals surface area (Å²) in [5.41, 5.74) is 2.07. The van der Waals surface area contributed by atoms with Gasteiger partial charge in [-0.3, -0.25) is 15.1 Å². The maximum absolute atomic E-state index is 13.1. The van der Waals surface area contributed by atoms with E-state index in [-0.39, 0.29) is 23.3 Å². The van der Waals surface area contributed by atoms with Crippen molar-refractivity contribution in [3.05, 3.63) is 70.4 Å². The largest absolute Gasteiger partial charge is 0.494 e. The van der Waals surface area contributed by atoms with E-state index in [2.05, 4.69) is 25.3 Å². The number of hydrogen-bond donors (Lipinski definition) is 2. The fourth-order valence-corrected chi connectivity index (χ4v) is 2.89. The molecule has 0 unspecified atom stereocenters. The number of aryl methyl sites for hydroxylation is 1. The third-order valence-corrected chi connectivity index (χ3v) is 4.21. The Kier molecular flexibility index (Phi) is 4.44. The van der Waals surface area contributed by atoms with Crippen LogP contribution in [-0.2, 0) is 0 Å². The van der Waals surface area contributed by atoms with Crippen molar-refractivity contribution in [2.45, 2.75) is 6.92 Å². The number of ether oxygens (including phenoxy) is 1. The number of methoxy groups -OCH3 is 1. The Balaban J connectivity index is 1.75. The van der Waals surface area contributed by atoms with Crippen molar-refractivity contribution in [2.24, 2.45) is 0 Å². The van der Waals surface area contributed by atoms with E-state index in [0.29, 0.717) is 22.5 Å². The lowest BCUT2D eigenvalue weighted by Crippen LogP contribution is -2.12. The van der Waals surface area contributed by atoms with Gasteiger partial charge in [0.15, 0.2) is 0 Å². The Bertz CT molecular complexity index is 1220. The van der Waals surface area contributed by atoms with Gasteiger partial charge in [-0.15, -0.1) is 0 Å². The molecule has 7 nitrogen and oxygen atoms in total. The average Bonchev–Trinajstić information content (AvgIpc) is 2.68. The van der Waals surface area contributed by atoms with Crippen LogP contribution in [0.4, 0.5) is 16.3 Å². The lowest BCUT2D eigenvalue weighted by molar-refractivity contribution is 0.419. The predicted molar refractivity (Wildman–Crippen MR) is 104 cm³/mol. The number of fused-ring (bicyclic) bond motifs is 1. The number of halogens is 1. The van der Waals surface area contributed by atoms with Crippen molar-refractivity contribution >= 4 is 22.8 Å². The summed E-state index contributed by atoms with van der Waals surface area (Å²) in [4.78, 5) is 28.0. The van der Waals surface area contributed by atoms with Crippen LogP contribution >= 0.6 is 0 Å². The quantitative estimate of drug-likeness (QED) is 0.565. The van der Waals surface area contributed by atoms with E-state index in [1.54, 1.807) is 19.2 Å². The first-order valence-electron chi connectivity index (χ1n) is 8.49. The number of anilines is 2. The molecule has 0 saturated carbocycles. The molecule has 28 heavy (non-hydrogen) atoms. The standard InChI is InChI=1S/C20H16FN5O2/c1-11-14-4-3-5-16(28-2)18(14)25-19(22-11)26-20-23-15(10-17(27)24-20)12-6-8-13(21)9-7-12/h3-10H,1-2H3,(H2,22,23,24,25,26,27). The summed E-state index contributed by atoms with van der Waals surface area (Å²) >= 11 is 0. The van der Waals surface area contributed by atoms with Gasteiger partial charge in [-0.2, -0.15) is 0 Å². The van der Waals surface area contributed by atoms with E-state index in [1.165, 1.54) is 18.2 Å². The molecule has 2 aromatic heterocycles. The van der Waals surface area contributed by atoms with Crippen LogP contribution in [0.3, 0.4) is 0 Å². The summed E-state index contributed by atoms with van der Waals surface area (Å²) in [6.45, 7) is 1.86. The number of aromatic amines is 1. The summed E-state index contributed by atoms with van der Waals surface area (Å²) in [6, 6.07) is 12.7. The summed E-state index contributed by atoms with van der Waals surface area (Å²) < 4.78 is 18.5. The zero-order valence-corrected chi connectivity index (χ0v) is 15.2. The summed E-state index contributed by atoms with van der Waals surface area (Å²) in [7, 11) is 1.57. The Labute approximate surface area is 159 Å². The van der Waals surface area contributed by atoms with Crippen molar-refractivity contribution in [1.29, 1.82) is 0 Å². The number of rotatable bonds is 4. The molecular weight excluding hydrogens is 361 g/mol. The van der Waals surface area contributed by atoms with Gasteiger partial charge in [-0.25, -0.2) is 19.3 Å². The zero-order chi connectivity index (χ0) is 19.7. The maximum Gasteiger partial charge on any atom is 0.252 e. The number of aromatic nitrogens is 4. The molecule has 140 valence electrons. The van der Waals surface area contributed by atoms with Crippen molar-refractivity contribution in [1.82, 2.24) is 19.9 Å². The van der Waals surface area contributed by atoms with Crippen LogP contribution in [0.5, 0.6) is 5.75 Å². The molecule has 2 N–H and O–H groups in total. The van der Waals surface area contributed by atoms with E-state index in [9.17, 15) is 9.18 Å². The molecule has 4 rings (SSSR count). The monoisotopic (exact) mass is 377 g/mol. The van der Waals surface area contributed by atoms with Gasteiger partial charge in [-0.05, 0) is 37.3 Å². The van der Waals surface area contributed by atoms with Gasteiger partial charge in [0.2, 0.25) is 11.9 Å². The predicted octanol–water partition coefficient (Wildman–Crippen LogP) is 3.58. The number of hydrogen-bond acceptors (Lipinski definition) is 6. The molecule has 8 heteroatoms. The summed E-state index contributed by atoms with van der Waals surface area (Å²) in [6.07, 6.45) is 0. The van der Waals surface area contributed by atoms with Crippen molar-refractivity contribution < 1.29 is 9.13 Å². The minimum absolute atomic E-state index is 0.181. The third-order valence-electron chi connectivity index (χ3n) is 4.21. The molecule has 0 spiro atoms. The molecule has 0 amide bonds. The Morgan fingerprint density at radius 3 is 2.61 bits per heavy atom. The first-order valence-corrected chi connectivity index (χ1v) is 8.49. The van der Waals surface area contributed by atoms with E-state index < -0.39 is 0 Å². The van der Waals surface area contributed by atoms with Gasteiger partial charge in [0.25, 0.3) is 5.56 Å². The number of benzene rings is 2. The van der Waals surface area contributed by atoms with Crippen LogP contribution in [0.15, 0.2) is 53.3 Å². The molecule has 2 heterocycles. The smallest absolute Gasteiger partial charge is 0.252 e. The van der Waals surface area contributed by atoms with Crippen molar-refractivity contribution in [3.63, 3.8) is 0 Å². The molecule has 2 aromatic carbocycles. The van der Waals surface area contributed by atoms with E-state index in [1.807, 2.05) is 25.1 Å². The fraction of sp³-hybridized carbons (Fsp3) is 0.100. The van der Waals surface area contributed by atoms with Gasteiger partial charge < -0.3 is 4.74 Å². The molecule has 0 saturated heterocycles. The van der Waals surface area contributed by atoms with Crippen molar-refractivity contribution in [2.75, 3.05) is 12.4 Å². The highest BCUT2D eigenvalue weighted by atomic mass is 19.1. The molecule has 0 fully saturated rings. The second-order valence-corrected chi connectivity index (χ2v) is 6.10. The first-order chi connectivity index (χ1) is 13.5. The third kappa shape index (κ3) is 3.39. The van der Waals surface area contributed by atoms with Crippen LogP contribution in [0.2, 0.25) is 0 Å². The zero-order valence-electron chi connectivity index (χ0n) is 15.2. The molecule has 0 aliphatic rings. The minimum atomic E-state index is -0.360. The lowest BCUT2D eigenvalue weighted by Gasteiger charge is -2.10. The average molecular weight is 377 g/mol. The van der Waals surface area contributed by atoms with Gasteiger partial charge in [-0.1, -0.05) is 12.1 Å². The molecule has 0 bridgehead atoms. The number of para-hydroxylation sites is 1. The van der Waals surface area contributed by atoms with Crippen LogP contribution in [-0.4, -0.2) is 27.0 Å². The maximum atomic E-state index is 13.1. The van der Waals surface area contributed by atoms with Gasteiger partial charge >= 0.3 is 0 Å². The Hall–Kier alpha value is -3.81. The topological polar surface area (TPSA) is 92.8 Å². The normalized spacial score (nSPS) is 10.8. The highest BCUT2D eigenvalue weighted by molar-refractivity contribution is 5.87. The molecule has 0 radical (unpaired) electrons.